The topological polar surface area (TPSA) is 101 Å². The Bertz CT molecular complexity index is 1140. The van der Waals surface area contributed by atoms with Gasteiger partial charge in [-0.3, -0.25) is 4.79 Å². The van der Waals surface area contributed by atoms with Crippen LogP contribution in [0, 0.1) is 0 Å². The highest BCUT2D eigenvalue weighted by atomic mass is 32.2. The Morgan fingerprint density at radius 2 is 1.69 bits per heavy atom. The van der Waals surface area contributed by atoms with Crippen LogP contribution in [0.15, 0.2) is 53.4 Å². The lowest BCUT2D eigenvalue weighted by Gasteiger charge is -2.25. The number of benzene rings is 2. The Balaban J connectivity index is 1.57. The molecule has 1 heterocycles. The largest absolute Gasteiger partial charge is 0.352 e. The smallest absolute Gasteiger partial charge is 0.243 e. The van der Waals surface area contributed by atoms with Gasteiger partial charge in [0.25, 0.3) is 0 Å². The summed E-state index contributed by atoms with van der Waals surface area (Å²) >= 11 is 0.966. The molecule has 0 bridgehead atoms. The molecule has 0 spiro atoms. The van der Waals surface area contributed by atoms with E-state index in [2.05, 4.69) is 18.8 Å². The molecule has 0 saturated heterocycles. The molecule has 0 radical (unpaired) electrons. The highest BCUT2D eigenvalue weighted by Crippen LogP contribution is 2.22. The Hall–Kier alpha value is -2.36. The molecule has 0 aliphatic heterocycles. The molecule has 1 unspecified atom stereocenters. The first-order valence-corrected chi connectivity index (χ1v) is 13.3. The highest BCUT2D eigenvalue weighted by molar-refractivity contribution is 7.89. The van der Waals surface area contributed by atoms with Gasteiger partial charge in [0.2, 0.25) is 15.9 Å². The number of rotatable bonds is 7. The summed E-state index contributed by atoms with van der Waals surface area (Å²) in [5, 5.41) is 3.12. The fourth-order valence-electron chi connectivity index (χ4n) is 4.19. The summed E-state index contributed by atoms with van der Waals surface area (Å²) in [5.74, 6) is -0.286. The monoisotopic (exact) mass is 472 g/mol. The third-order valence-corrected chi connectivity index (χ3v) is 7.93. The van der Waals surface area contributed by atoms with Crippen LogP contribution in [0.1, 0.15) is 50.5 Å². The van der Waals surface area contributed by atoms with Gasteiger partial charge in [-0.05, 0) is 37.0 Å². The van der Waals surface area contributed by atoms with Gasteiger partial charge in [-0.15, -0.1) is 0 Å². The summed E-state index contributed by atoms with van der Waals surface area (Å²) in [6.45, 7) is 0. The van der Waals surface area contributed by atoms with Gasteiger partial charge in [-0.2, -0.15) is 13.5 Å². The van der Waals surface area contributed by atoms with E-state index in [9.17, 15) is 13.2 Å². The Labute approximate surface area is 193 Å². The summed E-state index contributed by atoms with van der Waals surface area (Å²) in [5.41, 5.74) is 1.74. The predicted molar refractivity (Wildman–Crippen MR) is 126 cm³/mol. The lowest BCUT2D eigenvalue weighted by molar-refractivity contribution is -0.123. The fraction of sp³-hybridized carbons (Fsp3) is 0.435. The molecule has 170 valence electrons. The molecule has 1 aromatic heterocycles. The molecular weight excluding hydrogens is 444 g/mol. The lowest BCUT2D eigenvalue weighted by Crippen LogP contribution is -2.50. The van der Waals surface area contributed by atoms with Crippen molar-refractivity contribution in [1.29, 1.82) is 0 Å². The molecular formula is C23H28N4O3S2. The second-order valence-electron chi connectivity index (χ2n) is 8.30. The van der Waals surface area contributed by atoms with Crippen molar-refractivity contribution in [3.05, 3.63) is 54.1 Å². The normalized spacial score (nSPS) is 16.9. The molecule has 32 heavy (non-hydrogen) atoms. The van der Waals surface area contributed by atoms with Gasteiger partial charge in [0.05, 0.1) is 11.7 Å². The van der Waals surface area contributed by atoms with Gasteiger partial charge in [0.15, 0.2) is 0 Å². The van der Waals surface area contributed by atoms with E-state index in [4.69, 9.17) is 0 Å². The highest BCUT2D eigenvalue weighted by Gasteiger charge is 2.29. The average molecular weight is 473 g/mol. The molecule has 1 atom stereocenters. The van der Waals surface area contributed by atoms with E-state index in [1.54, 1.807) is 12.1 Å². The van der Waals surface area contributed by atoms with Gasteiger partial charge in [-0.25, -0.2) is 8.42 Å². The first-order chi connectivity index (χ1) is 15.5. The van der Waals surface area contributed by atoms with E-state index in [0.717, 1.165) is 43.0 Å². The number of carbonyl (C=O) groups excluding carboxylic acids is 1. The first kappa shape index (κ1) is 22.8. The first-order valence-electron chi connectivity index (χ1n) is 11.1. The number of nitrogens with one attached hydrogen (secondary N) is 2. The minimum absolute atomic E-state index is 0.0422. The van der Waals surface area contributed by atoms with Crippen LogP contribution in [0.25, 0.3) is 11.0 Å². The molecule has 1 aliphatic carbocycles. The standard InChI is InChI=1S/C23H28N4O3S2/c28-23(24-18-12-7-2-1-3-8-13-18)20(16-17-10-5-4-6-11-17)27-32(29,30)21-15-9-14-19-22(21)26-31-25-19/h4-6,9-11,14-15,18,20,27H,1-3,7-8,12-13,16H2,(H,24,28). The number of hydrogen-bond donors (Lipinski definition) is 2. The molecule has 9 heteroatoms. The number of amides is 1. The quantitative estimate of drug-likeness (QED) is 0.545. The van der Waals surface area contributed by atoms with Crippen LogP contribution < -0.4 is 10.0 Å². The second-order valence-corrected chi connectivity index (χ2v) is 10.5. The van der Waals surface area contributed by atoms with E-state index in [1.807, 2.05) is 30.3 Å². The van der Waals surface area contributed by atoms with Crippen LogP contribution in [0.5, 0.6) is 0 Å². The Morgan fingerprint density at radius 3 is 2.44 bits per heavy atom. The minimum Gasteiger partial charge on any atom is -0.352 e. The van der Waals surface area contributed by atoms with Crippen LogP contribution in [0.3, 0.4) is 0 Å². The minimum atomic E-state index is -3.98. The van der Waals surface area contributed by atoms with Crippen LogP contribution >= 0.6 is 11.7 Å². The van der Waals surface area contributed by atoms with Crippen LogP contribution in [0.2, 0.25) is 0 Å². The van der Waals surface area contributed by atoms with Crippen molar-refractivity contribution in [2.24, 2.45) is 0 Å². The Kier molecular flexibility index (Phi) is 7.49. The van der Waals surface area contributed by atoms with Crippen molar-refractivity contribution in [2.75, 3.05) is 0 Å². The van der Waals surface area contributed by atoms with Crippen molar-refractivity contribution < 1.29 is 13.2 Å². The lowest BCUT2D eigenvalue weighted by atomic mass is 9.96. The van der Waals surface area contributed by atoms with Crippen LogP contribution in [-0.4, -0.2) is 35.2 Å². The molecule has 1 saturated carbocycles. The summed E-state index contributed by atoms with van der Waals surface area (Å²) in [4.78, 5) is 13.3. The SMILES string of the molecule is O=C(NC1CCCCCCC1)C(Cc1ccccc1)NS(=O)(=O)c1cccc2nsnc12. The number of aromatic nitrogens is 2. The van der Waals surface area contributed by atoms with Gasteiger partial charge in [0, 0.05) is 6.04 Å². The predicted octanol–water partition coefficient (Wildman–Crippen LogP) is 3.81. The molecule has 2 N–H and O–H groups in total. The third-order valence-electron chi connectivity index (χ3n) is 5.89. The number of nitrogens with zero attached hydrogens (tertiary/aromatic N) is 2. The van der Waals surface area contributed by atoms with E-state index in [-0.39, 0.29) is 23.3 Å². The molecule has 2 aromatic carbocycles. The van der Waals surface area contributed by atoms with Gasteiger partial charge >= 0.3 is 0 Å². The number of fused-ring (bicyclic) bond motifs is 1. The van der Waals surface area contributed by atoms with Crippen molar-refractivity contribution in [3.63, 3.8) is 0 Å². The molecule has 1 amide bonds. The summed E-state index contributed by atoms with van der Waals surface area (Å²) in [7, 11) is -3.98. The number of carbonyl (C=O) groups is 1. The zero-order chi connectivity index (χ0) is 22.4. The van der Waals surface area contributed by atoms with Crippen molar-refractivity contribution in [3.8, 4) is 0 Å². The van der Waals surface area contributed by atoms with Gasteiger partial charge in [-0.1, -0.05) is 68.5 Å². The van der Waals surface area contributed by atoms with Crippen LogP contribution in [0.4, 0.5) is 0 Å². The van der Waals surface area contributed by atoms with E-state index < -0.39 is 16.1 Å². The molecule has 1 fully saturated rings. The third kappa shape index (κ3) is 5.70. The zero-order valence-corrected chi connectivity index (χ0v) is 19.5. The van der Waals surface area contributed by atoms with Crippen molar-refractivity contribution in [1.82, 2.24) is 18.8 Å². The number of hydrogen-bond acceptors (Lipinski definition) is 6. The van der Waals surface area contributed by atoms with E-state index in [1.165, 1.54) is 25.3 Å². The van der Waals surface area contributed by atoms with Gasteiger partial charge < -0.3 is 5.32 Å². The van der Waals surface area contributed by atoms with E-state index >= 15 is 0 Å². The summed E-state index contributed by atoms with van der Waals surface area (Å²) in [6.07, 6.45) is 7.90. The summed E-state index contributed by atoms with van der Waals surface area (Å²) in [6, 6.07) is 13.5. The maximum Gasteiger partial charge on any atom is 0.243 e. The fourth-order valence-corrected chi connectivity index (χ4v) is 6.15. The zero-order valence-electron chi connectivity index (χ0n) is 17.9. The Morgan fingerprint density at radius 1 is 0.969 bits per heavy atom. The van der Waals surface area contributed by atoms with Crippen molar-refractivity contribution >= 4 is 38.7 Å². The maximum atomic E-state index is 13.3. The maximum absolute atomic E-state index is 13.3. The van der Waals surface area contributed by atoms with Gasteiger partial charge in [0.1, 0.15) is 22.0 Å². The van der Waals surface area contributed by atoms with E-state index in [0.29, 0.717) is 11.0 Å². The molecule has 7 nitrogen and oxygen atoms in total. The second kappa shape index (κ2) is 10.5. The van der Waals surface area contributed by atoms with Crippen LogP contribution in [-0.2, 0) is 21.2 Å². The average Bonchev–Trinajstić information content (AvgIpc) is 3.24. The number of sulfonamides is 1. The molecule has 4 rings (SSSR count). The van der Waals surface area contributed by atoms with Crippen molar-refractivity contribution in [2.45, 2.75) is 68.3 Å². The molecule has 3 aromatic rings. The molecule has 1 aliphatic rings. The summed E-state index contributed by atoms with van der Waals surface area (Å²) < 4.78 is 37.5.